The van der Waals surface area contributed by atoms with Crippen molar-refractivity contribution in [3.8, 4) is 23.1 Å². The van der Waals surface area contributed by atoms with Crippen LogP contribution in [0.3, 0.4) is 0 Å². The average molecular weight is 380 g/mol. The Balaban J connectivity index is 2.07. The molecule has 1 saturated carbocycles. The molecule has 1 aromatic carbocycles. The van der Waals surface area contributed by atoms with Crippen LogP contribution in [-0.4, -0.2) is 20.7 Å². The molecular weight excluding hydrogens is 352 g/mol. The fourth-order valence-electron chi connectivity index (χ4n) is 3.47. The molecule has 0 saturated heterocycles. The van der Waals surface area contributed by atoms with Crippen LogP contribution in [0, 0.1) is 27.4 Å². The SMILES string of the molecule is Cn1cc(C#CC(C)(C)C)c(-c2cc([N+](=O)[O-])ccc2NC2CCCCC2)n1. The van der Waals surface area contributed by atoms with E-state index in [0.717, 1.165) is 29.7 Å². The lowest BCUT2D eigenvalue weighted by molar-refractivity contribution is -0.384. The van der Waals surface area contributed by atoms with Gasteiger partial charge < -0.3 is 5.32 Å². The molecular formula is C22H28N4O2. The molecule has 0 spiro atoms. The van der Waals surface area contributed by atoms with E-state index in [1.54, 1.807) is 22.9 Å². The number of hydrogen-bond donors (Lipinski definition) is 1. The van der Waals surface area contributed by atoms with Gasteiger partial charge in [0, 0.05) is 48.1 Å². The molecule has 1 aliphatic carbocycles. The Kier molecular flexibility index (Phi) is 5.73. The van der Waals surface area contributed by atoms with Crippen LogP contribution in [0.25, 0.3) is 11.3 Å². The summed E-state index contributed by atoms with van der Waals surface area (Å²) in [7, 11) is 1.84. The topological polar surface area (TPSA) is 73.0 Å². The summed E-state index contributed by atoms with van der Waals surface area (Å²) in [6, 6.07) is 5.35. The maximum atomic E-state index is 11.4. The van der Waals surface area contributed by atoms with Gasteiger partial charge in [-0.15, -0.1) is 0 Å². The highest BCUT2D eigenvalue weighted by atomic mass is 16.6. The molecule has 1 heterocycles. The minimum absolute atomic E-state index is 0.0598. The van der Waals surface area contributed by atoms with E-state index in [0.29, 0.717) is 11.7 Å². The summed E-state index contributed by atoms with van der Waals surface area (Å²) < 4.78 is 1.71. The molecule has 2 aromatic rings. The monoisotopic (exact) mass is 380 g/mol. The van der Waals surface area contributed by atoms with Crippen molar-refractivity contribution in [3.63, 3.8) is 0 Å². The van der Waals surface area contributed by atoms with Gasteiger partial charge in [-0.25, -0.2) is 0 Å². The molecule has 0 amide bonds. The molecule has 0 aliphatic heterocycles. The second-order valence-electron chi connectivity index (χ2n) is 8.53. The van der Waals surface area contributed by atoms with E-state index in [1.165, 1.54) is 19.3 Å². The number of anilines is 1. The number of nitrogens with zero attached hydrogens (tertiary/aromatic N) is 3. The van der Waals surface area contributed by atoms with Crippen molar-refractivity contribution >= 4 is 11.4 Å². The van der Waals surface area contributed by atoms with Crippen molar-refractivity contribution < 1.29 is 4.92 Å². The third-order valence-electron chi connectivity index (χ3n) is 4.83. The van der Waals surface area contributed by atoms with Gasteiger partial charge >= 0.3 is 0 Å². The van der Waals surface area contributed by atoms with Crippen molar-refractivity contribution in [2.75, 3.05) is 5.32 Å². The van der Waals surface area contributed by atoms with Gasteiger partial charge in [0.1, 0.15) is 5.69 Å². The van der Waals surface area contributed by atoms with Crippen molar-refractivity contribution in [3.05, 3.63) is 40.1 Å². The summed E-state index contributed by atoms with van der Waals surface area (Å²) in [6.45, 7) is 6.17. The summed E-state index contributed by atoms with van der Waals surface area (Å²) in [5.74, 6) is 6.46. The van der Waals surface area contributed by atoms with Crippen LogP contribution >= 0.6 is 0 Å². The number of aryl methyl sites for hydroxylation is 1. The van der Waals surface area contributed by atoms with Crippen molar-refractivity contribution in [2.24, 2.45) is 12.5 Å². The predicted octanol–water partition coefficient (Wildman–Crippen LogP) is 5.14. The smallest absolute Gasteiger partial charge is 0.270 e. The molecule has 0 unspecified atom stereocenters. The summed E-state index contributed by atoms with van der Waals surface area (Å²) in [6.07, 6.45) is 7.82. The van der Waals surface area contributed by atoms with Crippen LogP contribution in [0.2, 0.25) is 0 Å². The summed E-state index contributed by atoms with van der Waals surface area (Å²) in [4.78, 5) is 11.0. The maximum Gasteiger partial charge on any atom is 0.270 e. The van der Waals surface area contributed by atoms with Crippen molar-refractivity contribution in [1.82, 2.24) is 9.78 Å². The van der Waals surface area contributed by atoms with Crippen LogP contribution in [0.4, 0.5) is 11.4 Å². The number of aromatic nitrogens is 2. The molecule has 6 heteroatoms. The number of nitrogens with one attached hydrogen (secondary N) is 1. The van der Waals surface area contributed by atoms with Crippen LogP contribution in [-0.2, 0) is 7.05 Å². The molecule has 1 aromatic heterocycles. The zero-order chi connectivity index (χ0) is 20.3. The quantitative estimate of drug-likeness (QED) is 0.453. The molecule has 0 bridgehead atoms. The van der Waals surface area contributed by atoms with Gasteiger partial charge in [0.05, 0.1) is 10.5 Å². The van der Waals surface area contributed by atoms with E-state index < -0.39 is 0 Å². The number of nitro benzene ring substituents is 1. The maximum absolute atomic E-state index is 11.4. The standard InChI is InChI=1S/C22H28N4O2/c1-22(2,3)13-12-16-15-25(4)24-21(16)19-14-18(26(27)28)10-11-20(19)23-17-8-6-5-7-9-17/h10-11,14-15,17,23H,5-9H2,1-4H3. The molecule has 0 atom stereocenters. The van der Waals surface area contributed by atoms with E-state index in [1.807, 2.05) is 13.2 Å². The number of non-ortho nitro benzene ring substituents is 1. The van der Waals surface area contributed by atoms with Crippen molar-refractivity contribution in [2.45, 2.75) is 58.9 Å². The predicted molar refractivity (Wildman–Crippen MR) is 112 cm³/mol. The molecule has 148 valence electrons. The summed E-state index contributed by atoms with van der Waals surface area (Å²) in [5, 5.41) is 19.6. The third kappa shape index (κ3) is 4.92. The lowest BCUT2D eigenvalue weighted by Crippen LogP contribution is -2.22. The Hall–Kier alpha value is -2.81. The second kappa shape index (κ2) is 8.05. The third-order valence-corrected chi connectivity index (χ3v) is 4.83. The number of benzene rings is 1. The second-order valence-corrected chi connectivity index (χ2v) is 8.53. The van der Waals surface area contributed by atoms with Crippen LogP contribution < -0.4 is 5.32 Å². The Labute approximate surface area is 166 Å². The molecule has 1 N–H and O–H groups in total. The molecule has 3 rings (SSSR count). The van der Waals surface area contributed by atoms with Crippen LogP contribution in [0.5, 0.6) is 0 Å². The normalized spacial score (nSPS) is 15.0. The van der Waals surface area contributed by atoms with Gasteiger partial charge in [-0.3, -0.25) is 14.8 Å². The first-order valence-corrected chi connectivity index (χ1v) is 9.85. The van der Waals surface area contributed by atoms with E-state index >= 15 is 0 Å². The van der Waals surface area contributed by atoms with Gasteiger partial charge in [0.15, 0.2) is 0 Å². The highest BCUT2D eigenvalue weighted by Gasteiger charge is 2.20. The van der Waals surface area contributed by atoms with Gasteiger partial charge in [-0.1, -0.05) is 31.1 Å². The Morgan fingerprint density at radius 2 is 1.96 bits per heavy atom. The van der Waals surface area contributed by atoms with E-state index in [-0.39, 0.29) is 16.0 Å². The Morgan fingerprint density at radius 3 is 2.61 bits per heavy atom. The molecule has 28 heavy (non-hydrogen) atoms. The van der Waals surface area contributed by atoms with Crippen molar-refractivity contribution in [1.29, 1.82) is 0 Å². The zero-order valence-corrected chi connectivity index (χ0v) is 17.1. The zero-order valence-electron chi connectivity index (χ0n) is 17.1. The number of hydrogen-bond acceptors (Lipinski definition) is 4. The van der Waals surface area contributed by atoms with E-state index in [9.17, 15) is 10.1 Å². The Bertz CT molecular complexity index is 922. The summed E-state index contributed by atoms with van der Waals surface area (Å²) in [5.41, 5.74) is 3.00. The first kappa shape index (κ1) is 19.9. The number of nitro groups is 1. The lowest BCUT2D eigenvalue weighted by Gasteiger charge is -2.25. The van der Waals surface area contributed by atoms with E-state index in [2.05, 4.69) is 43.0 Å². The van der Waals surface area contributed by atoms with Crippen LogP contribution in [0.15, 0.2) is 24.4 Å². The van der Waals surface area contributed by atoms with Gasteiger partial charge in [-0.05, 0) is 39.7 Å². The van der Waals surface area contributed by atoms with Gasteiger partial charge in [-0.2, -0.15) is 5.10 Å². The fraction of sp³-hybridized carbons (Fsp3) is 0.500. The van der Waals surface area contributed by atoms with Gasteiger partial charge in [0.2, 0.25) is 0 Å². The largest absolute Gasteiger partial charge is 0.382 e. The molecule has 1 aliphatic rings. The fourth-order valence-corrected chi connectivity index (χ4v) is 3.47. The Morgan fingerprint density at radius 1 is 1.25 bits per heavy atom. The molecule has 1 fully saturated rings. The molecule has 6 nitrogen and oxygen atoms in total. The van der Waals surface area contributed by atoms with E-state index in [4.69, 9.17) is 0 Å². The lowest BCUT2D eigenvalue weighted by atomic mass is 9.94. The highest BCUT2D eigenvalue weighted by molar-refractivity contribution is 5.81. The minimum Gasteiger partial charge on any atom is -0.382 e. The van der Waals surface area contributed by atoms with Crippen LogP contribution in [0.1, 0.15) is 58.4 Å². The first-order chi connectivity index (χ1) is 13.2. The number of rotatable bonds is 4. The van der Waals surface area contributed by atoms with Gasteiger partial charge in [0.25, 0.3) is 5.69 Å². The average Bonchev–Trinajstić information content (AvgIpc) is 3.01. The molecule has 0 radical (unpaired) electrons. The summed E-state index contributed by atoms with van der Waals surface area (Å²) >= 11 is 0. The minimum atomic E-state index is -0.364. The first-order valence-electron chi connectivity index (χ1n) is 9.85. The highest BCUT2D eigenvalue weighted by Crippen LogP contribution is 2.34.